The summed E-state index contributed by atoms with van der Waals surface area (Å²) in [6.45, 7) is 2.02. The number of carboxylic acids is 1. The number of aryl methyl sites for hydroxylation is 1. The first-order valence-electron chi connectivity index (χ1n) is 11.0. The number of carboxylic acid groups (broad SMARTS) is 1. The second-order valence-corrected chi connectivity index (χ2v) is 10.8. The van der Waals surface area contributed by atoms with E-state index < -0.39 is 63.0 Å². The Labute approximate surface area is 214 Å². The van der Waals surface area contributed by atoms with Crippen molar-refractivity contribution in [3.63, 3.8) is 0 Å². The lowest BCUT2D eigenvalue weighted by atomic mass is 10.1. The predicted octanol–water partition coefficient (Wildman–Crippen LogP) is 4.98. The van der Waals surface area contributed by atoms with Gasteiger partial charge in [0, 0.05) is 18.2 Å². The maximum atomic E-state index is 14.6. The van der Waals surface area contributed by atoms with E-state index in [1.807, 2.05) is 0 Å². The molecule has 15 heteroatoms. The van der Waals surface area contributed by atoms with E-state index in [0.29, 0.717) is 24.2 Å². The Morgan fingerprint density at radius 1 is 1.16 bits per heavy atom. The highest BCUT2D eigenvalue weighted by molar-refractivity contribution is 7.92. The van der Waals surface area contributed by atoms with Gasteiger partial charge in [0.25, 0.3) is 10.0 Å². The van der Waals surface area contributed by atoms with Gasteiger partial charge >= 0.3 is 18.2 Å². The monoisotopic (exact) mass is 566 g/mol. The molecular formula is C23H23F5N2O7S. The number of amides is 1. The number of rotatable bonds is 7. The number of ether oxygens (including phenoxy) is 2. The van der Waals surface area contributed by atoms with E-state index in [1.54, 1.807) is 0 Å². The standard InChI is InChI=1S/C23H23F5N2O7S/c1-12-8-19(16(25)10-15(12)24)38(34,35)30-11-14(5-7-20(31)32)36-18-6-4-13(9-17(18)30)29-21(33)37-22(2,3)23(26,27)28/h4,6,8-10,14H,5,7,11H2,1-3H3,(H,29,33)(H,31,32). The Morgan fingerprint density at radius 2 is 1.82 bits per heavy atom. The molecule has 0 saturated carbocycles. The number of aliphatic carboxylic acids is 1. The first-order valence-corrected chi connectivity index (χ1v) is 12.4. The smallest absolute Gasteiger partial charge is 0.427 e. The van der Waals surface area contributed by atoms with Gasteiger partial charge in [-0.15, -0.1) is 0 Å². The predicted molar refractivity (Wildman–Crippen MR) is 124 cm³/mol. The van der Waals surface area contributed by atoms with Crippen molar-refractivity contribution in [1.82, 2.24) is 0 Å². The van der Waals surface area contributed by atoms with Crippen LogP contribution in [0.5, 0.6) is 5.75 Å². The molecule has 2 aromatic carbocycles. The summed E-state index contributed by atoms with van der Waals surface area (Å²) in [5, 5.41) is 11.1. The van der Waals surface area contributed by atoms with Crippen molar-refractivity contribution in [2.24, 2.45) is 0 Å². The number of nitrogens with zero attached hydrogens (tertiary/aromatic N) is 1. The van der Waals surface area contributed by atoms with Crippen molar-refractivity contribution in [1.29, 1.82) is 0 Å². The van der Waals surface area contributed by atoms with Crippen LogP contribution in [0.4, 0.5) is 38.1 Å². The van der Waals surface area contributed by atoms with Gasteiger partial charge in [0.05, 0.1) is 12.2 Å². The molecule has 9 nitrogen and oxygen atoms in total. The van der Waals surface area contributed by atoms with E-state index in [2.05, 4.69) is 10.1 Å². The summed E-state index contributed by atoms with van der Waals surface area (Å²) in [6.07, 6.45) is -7.84. The van der Waals surface area contributed by atoms with Crippen LogP contribution in [0.3, 0.4) is 0 Å². The molecule has 0 aromatic heterocycles. The maximum Gasteiger partial charge on any atom is 0.427 e. The quantitative estimate of drug-likeness (QED) is 0.453. The van der Waals surface area contributed by atoms with Crippen LogP contribution in [0.15, 0.2) is 35.2 Å². The fourth-order valence-electron chi connectivity index (χ4n) is 3.43. The number of hydrogen-bond acceptors (Lipinski definition) is 6. The molecule has 1 unspecified atom stereocenters. The SMILES string of the molecule is Cc1cc(S(=O)(=O)N2CC(CCC(=O)O)Oc3ccc(NC(=O)OC(C)(C)C(F)(F)F)cc32)c(F)cc1F. The Morgan fingerprint density at radius 3 is 2.42 bits per heavy atom. The fraction of sp³-hybridized carbons (Fsp3) is 0.391. The van der Waals surface area contributed by atoms with Crippen molar-refractivity contribution in [3.8, 4) is 5.75 Å². The number of hydrogen-bond donors (Lipinski definition) is 2. The molecule has 3 rings (SSSR count). The number of benzene rings is 2. The molecule has 1 heterocycles. The van der Waals surface area contributed by atoms with Gasteiger partial charge in [-0.05, 0) is 57.0 Å². The average Bonchev–Trinajstić information content (AvgIpc) is 2.78. The Bertz CT molecular complexity index is 1360. The Kier molecular flexibility index (Phi) is 7.82. The Hall–Kier alpha value is -3.62. The zero-order valence-electron chi connectivity index (χ0n) is 20.2. The van der Waals surface area contributed by atoms with Crippen molar-refractivity contribution in [3.05, 3.63) is 47.5 Å². The zero-order valence-corrected chi connectivity index (χ0v) is 21.0. The van der Waals surface area contributed by atoms with Crippen LogP contribution >= 0.6 is 0 Å². The van der Waals surface area contributed by atoms with Gasteiger partial charge in [-0.1, -0.05) is 0 Å². The highest BCUT2D eigenvalue weighted by atomic mass is 32.2. The number of anilines is 2. The third-order valence-electron chi connectivity index (χ3n) is 5.63. The highest BCUT2D eigenvalue weighted by Gasteiger charge is 2.51. The van der Waals surface area contributed by atoms with Gasteiger partial charge in [0.1, 0.15) is 28.4 Å². The summed E-state index contributed by atoms with van der Waals surface area (Å²) in [5.74, 6) is -3.62. The van der Waals surface area contributed by atoms with E-state index in [1.165, 1.54) is 19.1 Å². The van der Waals surface area contributed by atoms with Crippen molar-refractivity contribution in [2.45, 2.75) is 56.4 Å². The lowest BCUT2D eigenvalue weighted by Gasteiger charge is -2.36. The minimum atomic E-state index is -4.87. The highest BCUT2D eigenvalue weighted by Crippen LogP contribution is 2.40. The first kappa shape index (κ1) is 28.9. The summed E-state index contributed by atoms with van der Waals surface area (Å²) >= 11 is 0. The molecule has 1 atom stereocenters. The number of sulfonamides is 1. The van der Waals surface area contributed by atoms with Crippen molar-refractivity contribution < 1.29 is 54.5 Å². The molecular weight excluding hydrogens is 543 g/mol. The van der Waals surface area contributed by atoms with Gasteiger partial charge in [-0.25, -0.2) is 22.0 Å². The van der Waals surface area contributed by atoms with E-state index in [9.17, 15) is 40.0 Å². The maximum absolute atomic E-state index is 14.6. The van der Waals surface area contributed by atoms with E-state index >= 15 is 0 Å². The number of nitrogens with one attached hydrogen (secondary N) is 1. The molecule has 0 bridgehead atoms. The molecule has 208 valence electrons. The summed E-state index contributed by atoms with van der Waals surface area (Å²) in [6, 6.07) is 4.63. The minimum Gasteiger partial charge on any atom is -0.486 e. The summed E-state index contributed by atoms with van der Waals surface area (Å²) in [5.41, 5.74) is -3.41. The normalized spacial score (nSPS) is 15.9. The molecule has 1 aliphatic rings. The third-order valence-corrected chi connectivity index (χ3v) is 7.42. The molecule has 2 N–H and O–H groups in total. The molecule has 0 spiro atoms. The first-order chi connectivity index (χ1) is 17.4. The number of halogens is 5. The molecule has 0 radical (unpaired) electrons. The summed E-state index contributed by atoms with van der Waals surface area (Å²) < 4.78 is 105. The van der Waals surface area contributed by atoms with Crippen molar-refractivity contribution >= 4 is 33.5 Å². The number of carbonyl (C=O) groups is 2. The molecule has 38 heavy (non-hydrogen) atoms. The van der Waals surface area contributed by atoms with Gasteiger partial charge in [0.15, 0.2) is 0 Å². The molecule has 2 aromatic rings. The molecule has 1 amide bonds. The van der Waals surface area contributed by atoms with Crippen molar-refractivity contribution in [2.75, 3.05) is 16.2 Å². The van der Waals surface area contributed by atoms with E-state index in [0.717, 1.165) is 12.1 Å². The summed E-state index contributed by atoms with van der Waals surface area (Å²) in [7, 11) is -4.74. The largest absolute Gasteiger partial charge is 0.486 e. The molecule has 0 saturated heterocycles. The van der Waals surface area contributed by atoms with Crippen LogP contribution in [0, 0.1) is 18.6 Å². The van der Waals surface area contributed by atoms with Crippen LogP contribution in [-0.2, 0) is 19.6 Å². The lowest BCUT2D eigenvalue weighted by Crippen LogP contribution is -2.44. The molecule has 0 fully saturated rings. The van der Waals surface area contributed by atoms with Gasteiger partial charge in [-0.2, -0.15) is 13.2 Å². The van der Waals surface area contributed by atoms with E-state index in [4.69, 9.17) is 9.84 Å². The second-order valence-electron chi connectivity index (χ2n) is 8.95. The molecule has 0 aliphatic carbocycles. The van der Waals surface area contributed by atoms with Gasteiger partial charge in [0.2, 0.25) is 5.60 Å². The number of alkyl halides is 3. The number of carbonyl (C=O) groups excluding carboxylic acids is 1. The van der Waals surface area contributed by atoms with Gasteiger partial charge in [-0.3, -0.25) is 14.4 Å². The fourth-order valence-corrected chi connectivity index (χ4v) is 5.06. The zero-order chi connectivity index (χ0) is 28.6. The minimum absolute atomic E-state index is 0.0935. The van der Waals surface area contributed by atoms with Crippen LogP contribution < -0.4 is 14.4 Å². The average molecular weight is 567 g/mol. The molecule has 1 aliphatic heterocycles. The number of fused-ring (bicyclic) bond motifs is 1. The van der Waals surface area contributed by atoms with E-state index in [-0.39, 0.29) is 35.5 Å². The van der Waals surface area contributed by atoms with Gasteiger partial charge < -0.3 is 14.6 Å². The second kappa shape index (κ2) is 10.3. The topological polar surface area (TPSA) is 122 Å². The lowest BCUT2D eigenvalue weighted by molar-refractivity contribution is -0.242. The Balaban J connectivity index is 2.01. The van der Waals surface area contributed by atoms with Crippen LogP contribution in [0.25, 0.3) is 0 Å². The summed E-state index contributed by atoms with van der Waals surface area (Å²) in [4.78, 5) is 22.3. The van der Waals surface area contributed by atoms with Crippen LogP contribution in [0.1, 0.15) is 32.3 Å². The van der Waals surface area contributed by atoms with Crippen LogP contribution in [-0.4, -0.2) is 50.0 Å². The third kappa shape index (κ3) is 6.09. The van der Waals surface area contributed by atoms with Crippen LogP contribution in [0.2, 0.25) is 0 Å².